The van der Waals surface area contributed by atoms with Crippen LogP contribution in [0.4, 0.5) is 4.39 Å². The number of aromatic nitrogens is 2. The molecule has 0 unspecified atom stereocenters. The number of imidazole rings is 1. The molecule has 1 aliphatic carbocycles. The van der Waals surface area contributed by atoms with Gasteiger partial charge in [-0.1, -0.05) is 0 Å². The zero-order chi connectivity index (χ0) is 12.7. The third-order valence-electron chi connectivity index (χ3n) is 3.03. The highest BCUT2D eigenvalue weighted by Gasteiger charge is 2.27. The molecule has 1 aromatic carbocycles. The maximum Gasteiger partial charge on any atom is 0.169 e. The summed E-state index contributed by atoms with van der Waals surface area (Å²) in [7, 11) is 1.48. The van der Waals surface area contributed by atoms with Crippen LogP contribution in [0.2, 0.25) is 0 Å². The molecule has 1 aliphatic rings. The molecule has 3 nitrogen and oxygen atoms in total. The van der Waals surface area contributed by atoms with Crippen molar-refractivity contribution in [3.8, 4) is 11.4 Å². The molecule has 1 fully saturated rings. The fourth-order valence-corrected chi connectivity index (χ4v) is 2.16. The minimum absolute atomic E-state index is 0.374. The molecule has 1 saturated carbocycles. The average molecular weight is 263 g/mol. The Morgan fingerprint density at radius 2 is 2.33 bits per heavy atom. The summed E-state index contributed by atoms with van der Waals surface area (Å²) in [6.07, 6.45) is 4.15. The second-order valence-electron chi connectivity index (χ2n) is 4.34. The van der Waals surface area contributed by atoms with Crippen LogP contribution in [0.1, 0.15) is 24.5 Å². The van der Waals surface area contributed by atoms with Gasteiger partial charge in [0.1, 0.15) is 5.75 Å². The molecule has 3 rings (SSSR count). The second kappa shape index (κ2) is 4.31. The quantitative estimate of drug-likeness (QED) is 0.862. The van der Waals surface area contributed by atoms with E-state index in [4.69, 9.17) is 4.74 Å². The first-order valence-corrected chi connectivity index (χ1v) is 6.17. The molecule has 0 N–H and O–H groups in total. The SMILES string of the molecule is COc1[c]cc(-n2cc(C3CC3)nc2S)c(F)c1. The van der Waals surface area contributed by atoms with E-state index in [1.807, 2.05) is 6.20 Å². The number of nitrogens with zero attached hydrogens (tertiary/aromatic N) is 2. The van der Waals surface area contributed by atoms with Gasteiger partial charge in [0.05, 0.1) is 18.5 Å². The number of ether oxygens (including phenoxy) is 1. The van der Waals surface area contributed by atoms with Crippen molar-refractivity contribution in [1.29, 1.82) is 0 Å². The van der Waals surface area contributed by atoms with E-state index in [2.05, 4.69) is 23.7 Å². The van der Waals surface area contributed by atoms with Gasteiger partial charge in [-0.3, -0.25) is 4.57 Å². The number of hydrogen-bond acceptors (Lipinski definition) is 3. The van der Waals surface area contributed by atoms with E-state index >= 15 is 0 Å². The van der Waals surface area contributed by atoms with E-state index in [0.717, 1.165) is 18.5 Å². The smallest absolute Gasteiger partial charge is 0.169 e. The first-order chi connectivity index (χ1) is 8.69. The standard InChI is InChI=1S/C13H12FN2OS/c1-17-9-4-5-12(10(14)6-9)16-7-11(8-2-3-8)15-13(16)18/h5-8H,2-3H2,1H3,(H,15,18). The van der Waals surface area contributed by atoms with Gasteiger partial charge < -0.3 is 4.74 Å². The van der Waals surface area contributed by atoms with Gasteiger partial charge in [-0.25, -0.2) is 9.37 Å². The number of halogens is 1. The monoisotopic (exact) mass is 263 g/mol. The van der Waals surface area contributed by atoms with Crippen LogP contribution in [0.3, 0.4) is 0 Å². The van der Waals surface area contributed by atoms with Crippen LogP contribution in [0, 0.1) is 11.9 Å². The molecule has 18 heavy (non-hydrogen) atoms. The Labute approximate surface area is 110 Å². The van der Waals surface area contributed by atoms with Crippen molar-refractivity contribution >= 4 is 12.6 Å². The minimum atomic E-state index is -0.374. The molecule has 0 amide bonds. The summed E-state index contributed by atoms with van der Waals surface area (Å²) in [4.78, 5) is 4.35. The molecule has 0 saturated heterocycles. The predicted octanol–water partition coefficient (Wildman–Crippen LogP) is 2.99. The Morgan fingerprint density at radius 3 is 2.94 bits per heavy atom. The van der Waals surface area contributed by atoms with Crippen LogP contribution in [0.15, 0.2) is 23.5 Å². The molecular formula is C13H12FN2OS. The van der Waals surface area contributed by atoms with Gasteiger partial charge in [0.25, 0.3) is 0 Å². The summed E-state index contributed by atoms with van der Waals surface area (Å²) in [5, 5.41) is 0.495. The van der Waals surface area contributed by atoms with Crippen molar-refractivity contribution in [1.82, 2.24) is 9.55 Å². The largest absolute Gasteiger partial charge is 0.496 e. The van der Waals surface area contributed by atoms with E-state index in [-0.39, 0.29) is 5.82 Å². The number of benzene rings is 1. The summed E-state index contributed by atoms with van der Waals surface area (Å²) < 4.78 is 20.5. The van der Waals surface area contributed by atoms with Crippen LogP contribution >= 0.6 is 12.6 Å². The number of methoxy groups -OCH3 is 1. The van der Waals surface area contributed by atoms with Gasteiger partial charge in [0.2, 0.25) is 0 Å². The van der Waals surface area contributed by atoms with E-state index < -0.39 is 0 Å². The minimum Gasteiger partial charge on any atom is -0.496 e. The summed E-state index contributed by atoms with van der Waals surface area (Å²) in [6.45, 7) is 0. The van der Waals surface area contributed by atoms with Crippen molar-refractivity contribution in [3.63, 3.8) is 0 Å². The lowest BCUT2D eigenvalue weighted by molar-refractivity contribution is 0.410. The van der Waals surface area contributed by atoms with Crippen LogP contribution in [0.25, 0.3) is 5.69 Å². The molecule has 1 aromatic heterocycles. The van der Waals surface area contributed by atoms with Crippen LogP contribution in [0.5, 0.6) is 5.75 Å². The van der Waals surface area contributed by atoms with Crippen LogP contribution in [-0.4, -0.2) is 16.7 Å². The number of thiol groups is 1. The highest BCUT2D eigenvalue weighted by Crippen LogP contribution is 2.40. The third-order valence-corrected chi connectivity index (χ3v) is 3.35. The normalized spacial score (nSPS) is 14.8. The lowest BCUT2D eigenvalue weighted by Gasteiger charge is -2.07. The van der Waals surface area contributed by atoms with Crippen molar-refractivity contribution in [2.75, 3.05) is 7.11 Å². The Hall–Kier alpha value is -1.49. The molecule has 5 heteroatoms. The zero-order valence-electron chi connectivity index (χ0n) is 9.85. The number of hydrogen-bond donors (Lipinski definition) is 1. The third kappa shape index (κ3) is 1.99. The molecule has 2 aromatic rings. The van der Waals surface area contributed by atoms with Gasteiger partial charge in [0, 0.05) is 24.2 Å². The second-order valence-corrected chi connectivity index (χ2v) is 4.74. The van der Waals surface area contributed by atoms with Crippen molar-refractivity contribution in [2.24, 2.45) is 0 Å². The topological polar surface area (TPSA) is 27.1 Å². The van der Waals surface area contributed by atoms with E-state index in [1.54, 1.807) is 10.6 Å². The maximum absolute atomic E-state index is 13.9. The van der Waals surface area contributed by atoms with Gasteiger partial charge >= 0.3 is 0 Å². The Morgan fingerprint density at radius 1 is 1.56 bits per heavy atom. The maximum atomic E-state index is 13.9. The fourth-order valence-electron chi connectivity index (χ4n) is 1.88. The Bertz CT molecular complexity index is 593. The summed E-state index contributed by atoms with van der Waals surface area (Å²) in [5.41, 5.74) is 1.37. The van der Waals surface area contributed by atoms with Gasteiger partial charge in [-0.2, -0.15) is 0 Å². The molecule has 1 radical (unpaired) electrons. The van der Waals surface area contributed by atoms with Crippen LogP contribution < -0.4 is 4.74 Å². The zero-order valence-corrected chi connectivity index (χ0v) is 10.7. The average Bonchev–Trinajstić information content (AvgIpc) is 3.14. The van der Waals surface area contributed by atoms with Gasteiger partial charge in [-0.05, 0) is 18.9 Å². The first-order valence-electron chi connectivity index (χ1n) is 5.73. The lowest BCUT2D eigenvalue weighted by atomic mass is 10.3. The molecular weight excluding hydrogens is 251 g/mol. The van der Waals surface area contributed by atoms with Crippen molar-refractivity contribution < 1.29 is 9.13 Å². The van der Waals surface area contributed by atoms with Crippen molar-refractivity contribution in [2.45, 2.75) is 23.9 Å². The molecule has 93 valence electrons. The molecule has 0 spiro atoms. The molecule has 1 heterocycles. The van der Waals surface area contributed by atoms with Gasteiger partial charge in [0.15, 0.2) is 11.0 Å². The molecule has 0 bridgehead atoms. The van der Waals surface area contributed by atoms with E-state index in [9.17, 15) is 4.39 Å². The first kappa shape index (κ1) is 11.6. The van der Waals surface area contributed by atoms with Crippen LogP contribution in [-0.2, 0) is 0 Å². The summed E-state index contributed by atoms with van der Waals surface area (Å²) in [5.74, 6) is 0.516. The number of rotatable bonds is 3. The predicted molar refractivity (Wildman–Crippen MR) is 68.1 cm³/mol. The molecule has 0 atom stereocenters. The summed E-state index contributed by atoms with van der Waals surface area (Å²) >= 11 is 4.29. The Balaban J connectivity index is 2.03. The Kier molecular flexibility index (Phi) is 2.78. The van der Waals surface area contributed by atoms with E-state index in [1.165, 1.54) is 13.2 Å². The summed E-state index contributed by atoms with van der Waals surface area (Å²) in [6, 6.07) is 5.72. The highest BCUT2D eigenvalue weighted by molar-refractivity contribution is 7.80. The lowest BCUT2D eigenvalue weighted by Crippen LogP contribution is -1.98. The van der Waals surface area contributed by atoms with Gasteiger partial charge in [-0.15, -0.1) is 12.6 Å². The highest BCUT2D eigenvalue weighted by atomic mass is 32.1. The fraction of sp³-hybridized carbons (Fsp3) is 0.308. The molecule has 0 aliphatic heterocycles. The van der Waals surface area contributed by atoms with E-state index in [0.29, 0.717) is 22.5 Å². The van der Waals surface area contributed by atoms with Crippen molar-refractivity contribution in [3.05, 3.63) is 35.9 Å².